The van der Waals surface area contributed by atoms with E-state index in [-0.39, 0.29) is 0 Å². The summed E-state index contributed by atoms with van der Waals surface area (Å²) >= 11 is 0. The molecule has 0 amide bonds. The fourth-order valence-corrected chi connectivity index (χ4v) is 7.03. The molecule has 0 radical (unpaired) electrons. The molecule has 0 spiro atoms. The molecule has 0 N–H and O–H groups in total. The number of fused-ring (bicyclic) bond motifs is 7. The van der Waals surface area contributed by atoms with Crippen molar-refractivity contribution < 1.29 is 4.42 Å². The molecule has 9 rings (SSSR count). The van der Waals surface area contributed by atoms with Gasteiger partial charge in [-0.2, -0.15) is 0 Å². The summed E-state index contributed by atoms with van der Waals surface area (Å²) in [5, 5.41) is 7.81. The zero-order valence-electron chi connectivity index (χ0n) is 21.3. The standard InChI is InChI=1S/C38H24O/c1-2-8-26-21-33-32(20-25(26)7-1)30-12-5-9-27-19-28(22-34(33)37(27)30)23-15-17-24(18-16-23)29-11-6-14-36-38(29)31-10-3-4-13-35(31)39-36/h1-22,32-33H. The van der Waals surface area contributed by atoms with E-state index in [4.69, 9.17) is 4.42 Å². The molecule has 0 saturated carbocycles. The summed E-state index contributed by atoms with van der Waals surface area (Å²) in [5.41, 5.74) is 9.71. The number of benzene rings is 6. The Labute approximate surface area is 226 Å². The summed E-state index contributed by atoms with van der Waals surface area (Å²) in [6.07, 6.45) is 4.96. The van der Waals surface area contributed by atoms with Gasteiger partial charge in [0.05, 0.1) is 0 Å². The zero-order chi connectivity index (χ0) is 25.5. The van der Waals surface area contributed by atoms with Crippen molar-refractivity contribution in [2.24, 2.45) is 0 Å². The van der Waals surface area contributed by atoms with Crippen molar-refractivity contribution in [1.29, 1.82) is 0 Å². The van der Waals surface area contributed by atoms with Gasteiger partial charge in [-0.3, -0.25) is 0 Å². The first kappa shape index (κ1) is 21.1. The average molecular weight is 497 g/mol. The predicted molar refractivity (Wildman–Crippen MR) is 162 cm³/mol. The number of rotatable bonds is 2. The normalized spacial score (nSPS) is 17.1. The lowest BCUT2D eigenvalue weighted by Gasteiger charge is -2.19. The van der Waals surface area contributed by atoms with Crippen molar-refractivity contribution in [1.82, 2.24) is 0 Å². The molecule has 2 aliphatic carbocycles. The molecule has 0 bridgehead atoms. The molecule has 0 fully saturated rings. The van der Waals surface area contributed by atoms with E-state index >= 15 is 0 Å². The second kappa shape index (κ2) is 7.82. The highest BCUT2D eigenvalue weighted by molar-refractivity contribution is 6.12. The molecule has 0 saturated heterocycles. The summed E-state index contributed by atoms with van der Waals surface area (Å²) in [6.45, 7) is 0. The molecule has 0 aliphatic heterocycles. The van der Waals surface area contributed by atoms with Gasteiger partial charge in [-0.1, -0.05) is 109 Å². The smallest absolute Gasteiger partial charge is 0.136 e. The fourth-order valence-electron chi connectivity index (χ4n) is 7.03. The maximum absolute atomic E-state index is 6.14. The molecule has 7 aromatic rings. The highest BCUT2D eigenvalue weighted by atomic mass is 16.3. The molecule has 1 aromatic heterocycles. The van der Waals surface area contributed by atoms with Gasteiger partial charge in [-0.25, -0.2) is 0 Å². The number of hydrogen-bond acceptors (Lipinski definition) is 1. The topological polar surface area (TPSA) is 13.1 Å². The first-order chi connectivity index (χ1) is 19.3. The molecule has 6 aromatic carbocycles. The van der Waals surface area contributed by atoms with Crippen molar-refractivity contribution in [2.45, 2.75) is 11.8 Å². The van der Waals surface area contributed by atoms with Crippen LogP contribution in [0, 0.1) is 0 Å². The summed E-state index contributed by atoms with van der Waals surface area (Å²) in [4.78, 5) is 0. The predicted octanol–water partition coefficient (Wildman–Crippen LogP) is 8.53. The maximum atomic E-state index is 6.14. The average Bonchev–Trinajstić information content (AvgIpc) is 3.53. The minimum absolute atomic E-state index is 0.381. The molecular formula is C38H24O. The van der Waals surface area contributed by atoms with Crippen LogP contribution in [-0.2, 0) is 0 Å². The quantitative estimate of drug-likeness (QED) is 0.234. The van der Waals surface area contributed by atoms with E-state index in [0.29, 0.717) is 11.8 Å². The Bertz CT molecular complexity index is 2230. The van der Waals surface area contributed by atoms with Crippen LogP contribution in [0.15, 0.2) is 126 Å². The van der Waals surface area contributed by atoms with E-state index < -0.39 is 0 Å². The minimum atomic E-state index is 0.381. The molecule has 2 atom stereocenters. The van der Waals surface area contributed by atoms with Gasteiger partial charge < -0.3 is 4.42 Å². The van der Waals surface area contributed by atoms with Crippen LogP contribution >= 0.6 is 0 Å². The lowest BCUT2D eigenvalue weighted by atomic mass is 9.84. The third kappa shape index (κ3) is 3.02. The van der Waals surface area contributed by atoms with Crippen LogP contribution in [0.4, 0.5) is 0 Å². The molecular weight excluding hydrogens is 472 g/mol. The summed E-state index contributed by atoms with van der Waals surface area (Å²) in [5.74, 6) is 0.785. The van der Waals surface area contributed by atoms with Crippen LogP contribution in [-0.4, -0.2) is 0 Å². The fraction of sp³-hybridized carbons (Fsp3) is 0.0526. The van der Waals surface area contributed by atoms with E-state index in [0.717, 1.165) is 16.6 Å². The Kier molecular flexibility index (Phi) is 4.23. The first-order valence-electron chi connectivity index (χ1n) is 13.7. The molecule has 39 heavy (non-hydrogen) atoms. The largest absolute Gasteiger partial charge is 0.456 e. The summed E-state index contributed by atoms with van der Waals surface area (Å²) in [7, 11) is 0. The Balaban J connectivity index is 1.18. The molecule has 1 heterocycles. The van der Waals surface area contributed by atoms with E-state index in [1.54, 1.807) is 0 Å². The Hall–Kier alpha value is -4.88. The Morgan fingerprint density at radius 3 is 2.00 bits per heavy atom. The van der Waals surface area contributed by atoms with Crippen LogP contribution < -0.4 is 10.4 Å². The highest BCUT2D eigenvalue weighted by Gasteiger charge is 2.33. The van der Waals surface area contributed by atoms with Crippen LogP contribution in [0.25, 0.3) is 67.1 Å². The van der Waals surface area contributed by atoms with Crippen LogP contribution in [0.2, 0.25) is 0 Å². The number of hydrogen-bond donors (Lipinski definition) is 0. The van der Waals surface area contributed by atoms with E-state index in [1.807, 2.05) is 12.1 Å². The van der Waals surface area contributed by atoms with E-state index in [9.17, 15) is 0 Å². The van der Waals surface area contributed by atoms with E-state index in [2.05, 4.69) is 121 Å². The van der Waals surface area contributed by atoms with Gasteiger partial charge in [-0.05, 0) is 78.9 Å². The van der Waals surface area contributed by atoms with Crippen LogP contribution in [0.5, 0.6) is 0 Å². The molecule has 2 unspecified atom stereocenters. The Morgan fingerprint density at radius 2 is 1.15 bits per heavy atom. The van der Waals surface area contributed by atoms with Gasteiger partial charge >= 0.3 is 0 Å². The molecule has 1 heteroatoms. The second-order valence-corrected chi connectivity index (χ2v) is 10.9. The summed E-state index contributed by atoms with van der Waals surface area (Å²) in [6, 6.07) is 44.1. The molecule has 182 valence electrons. The second-order valence-electron chi connectivity index (χ2n) is 10.9. The van der Waals surface area contributed by atoms with Crippen molar-refractivity contribution in [2.75, 3.05) is 0 Å². The minimum Gasteiger partial charge on any atom is -0.456 e. The monoisotopic (exact) mass is 496 g/mol. The number of furan rings is 1. The van der Waals surface area contributed by atoms with Gasteiger partial charge in [-0.15, -0.1) is 0 Å². The van der Waals surface area contributed by atoms with Crippen LogP contribution in [0.1, 0.15) is 23.0 Å². The number of para-hydroxylation sites is 1. The van der Waals surface area contributed by atoms with Crippen molar-refractivity contribution >= 4 is 44.9 Å². The summed E-state index contributed by atoms with van der Waals surface area (Å²) < 4.78 is 6.14. The zero-order valence-corrected chi connectivity index (χ0v) is 21.3. The maximum Gasteiger partial charge on any atom is 0.136 e. The third-order valence-corrected chi connectivity index (χ3v) is 8.79. The lowest BCUT2D eigenvalue weighted by Crippen LogP contribution is -2.29. The Morgan fingerprint density at radius 1 is 0.462 bits per heavy atom. The third-order valence-electron chi connectivity index (χ3n) is 8.79. The van der Waals surface area contributed by atoms with Gasteiger partial charge in [0.25, 0.3) is 0 Å². The molecule has 1 nitrogen and oxygen atoms in total. The van der Waals surface area contributed by atoms with E-state index in [1.165, 1.54) is 60.0 Å². The first-order valence-corrected chi connectivity index (χ1v) is 13.7. The van der Waals surface area contributed by atoms with Gasteiger partial charge in [0.2, 0.25) is 0 Å². The molecule has 2 aliphatic rings. The SMILES string of the molecule is C1=c2ccccc2=CC2c3cc(-c4ccc(-c5cccc6oc7ccccc7c56)cc4)cc4cccc(c34)C12. The van der Waals surface area contributed by atoms with Gasteiger partial charge in [0.15, 0.2) is 0 Å². The lowest BCUT2D eigenvalue weighted by molar-refractivity contribution is 0.669. The highest BCUT2D eigenvalue weighted by Crippen LogP contribution is 2.50. The van der Waals surface area contributed by atoms with Crippen molar-refractivity contribution in [3.63, 3.8) is 0 Å². The van der Waals surface area contributed by atoms with Crippen molar-refractivity contribution in [3.8, 4) is 22.3 Å². The van der Waals surface area contributed by atoms with Gasteiger partial charge in [0, 0.05) is 22.6 Å². The van der Waals surface area contributed by atoms with Crippen LogP contribution in [0.3, 0.4) is 0 Å². The van der Waals surface area contributed by atoms with Gasteiger partial charge in [0.1, 0.15) is 11.2 Å². The van der Waals surface area contributed by atoms with Crippen molar-refractivity contribution in [3.05, 3.63) is 143 Å².